The summed E-state index contributed by atoms with van der Waals surface area (Å²) in [4.78, 5) is 34.7. The van der Waals surface area contributed by atoms with E-state index in [0.29, 0.717) is 3.57 Å². The van der Waals surface area contributed by atoms with Gasteiger partial charge in [0.05, 0.1) is 10.1 Å². The first kappa shape index (κ1) is 11.9. The van der Waals surface area contributed by atoms with Gasteiger partial charge in [-0.15, -0.1) is 0 Å². The Morgan fingerprint density at radius 3 is 2.80 bits per heavy atom. The lowest BCUT2D eigenvalue weighted by Crippen LogP contribution is -2.40. The third-order valence-electron chi connectivity index (χ3n) is 1.68. The molecule has 7 nitrogen and oxygen atoms in total. The fourth-order valence-electron chi connectivity index (χ4n) is 0.908. The summed E-state index contributed by atoms with van der Waals surface area (Å²) >= 11 is 1.74. The Kier molecular flexibility index (Phi) is 3.63. The molecule has 0 saturated heterocycles. The maximum absolute atomic E-state index is 11.2. The summed E-state index contributed by atoms with van der Waals surface area (Å²) in [5.74, 6) is -1.21. The molecule has 1 aromatic rings. The number of nitrogens with two attached hydrogens (primary N) is 1. The number of H-pyrrole nitrogens is 1. The molecule has 15 heavy (non-hydrogen) atoms. The minimum atomic E-state index is -1.21. The third-order valence-corrected chi connectivity index (χ3v) is 2.45. The number of aliphatic carboxylic acids is 1. The standard InChI is InChI=1S/C7H8IN3O4/c8-3-1-11(2-4(9)6(13)14)7(15)10-5(3)12/h1,4H,2,9H2,(H,13,14)(H,10,12,15)/t4-/m1/s1. The average Bonchev–Trinajstić information content (AvgIpc) is 2.13. The predicted molar refractivity (Wildman–Crippen MR) is 59.7 cm³/mol. The Morgan fingerprint density at radius 2 is 2.27 bits per heavy atom. The second-order valence-electron chi connectivity index (χ2n) is 2.83. The minimum Gasteiger partial charge on any atom is -0.480 e. The summed E-state index contributed by atoms with van der Waals surface area (Å²) in [6.07, 6.45) is 1.27. The summed E-state index contributed by atoms with van der Waals surface area (Å²) in [5.41, 5.74) is 4.08. The number of carboxylic acid groups (broad SMARTS) is 1. The van der Waals surface area contributed by atoms with E-state index in [1.54, 1.807) is 22.6 Å². The number of aromatic nitrogens is 2. The molecular weight excluding hydrogens is 317 g/mol. The highest BCUT2D eigenvalue weighted by molar-refractivity contribution is 14.1. The summed E-state index contributed by atoms with van der Waals surface area (Å²) < 4.78 is 1.35. The molecule has 82 valence electrons. The molecular formula is C7H8IN3O4. The van der Waals surface area contributed by atoms with Crippen molar-refractivity contribution < 1.29 is 9.90 Å². The zero-order valence-electron chi connectivity index (χ0n) is 7.44. The van der Waals surface area contributed by atoms with Crippen molar-refractivity contribution in [3.05, 3.63) is 30.6 Å². The molecule has 0 aliphatic heterocycles. The van der Waals surface area contributed by atoms with E-state index in [2.05, 4.69) is 0 Å². The average molecular weight is 325 g/mol. The second kappa shape index (κ2) is 4.57. The van der Waals surface area contributed by atoms with Gasteiger partial charge >= 0.3 is 11.7 Å². The van der Waals surface area contributed by atoms with Crippen LogP contribution in [0.25, 0.3) is 0 Å². The van der Waals surface area contributed by atoms with Crippen molar-refractivity contribution in [3.63, 3.8) is 0 Å². The molecule has 0 aliphatic carbocycles. The Morgan fingerprint density at radius 1 is 1.67 bits per heavy atom. The van der Waals surface area contributed by atoms with Crippen LogP contribution in [0, 0.1) is 3.57 Å². The van der Waals surface area contributed by atoms with Crippen LogP contribution in [-0.4, -0.2) is 26.7 Å². The smallest absolute Gasteiger partial charge is 0.328 e. The van der Waals surface area contributed by atoms with Crippen LogP contribution in [0.15, 0.2) is 15.8 Å². The maximum atomic E-state index is 11.2. The Hall–Kier alpha value is -1.16. The van der Waals surface area contributed by atoms with Crippen molar-refractivity contribution in [3.8, 4) is 0 Å². The summed E-state index contributed by atoms with van der Waals surface area (Å²) in [7, 11) is 0. The summed E-state index contributed by atoms with van der Waals surface area (Å²) in [5, 5.41) is 8.54. The van der Waals surface area contributed by atoms with Crippen molar-refractivity contribution in [1.29, 1.82) is 0 Å². The van der Waals surface area contributed by atoms with E-state index in [0.717, 1.165) is 4.57 Å². The van der Waals surface area contributed by atoms with Crippen LogP contribution in [0.5, 0.6) is 0 Å². The van der Waals surface area contributed by atoms with Gasteiger partial charge in [-0.1, -0.05) is 0 Å². The molecule has 0 spiro atoms. The van der Waals surface area contributed by atoms with Crippen LogP contribution in [0.1, 0.15) is 0 Å². The molecule has 0 radical (unpaired) electrons. The van der Waals surface area contributed by atoms with Crippen LogP contribution < -0.4 is 17.0 Å². The number of rotatable bonds is 3. The van der Waals surface area contributed by atoms with Gasteiger partial charge in [-0.3, -0.25) is 19.1 Å². The van der Waals surface area contributed by atoms with Crippen molar-refractivity contribution in [2.24, 2.45) is 5.73 Å². The number of carbonyl (C=O) groups is 1. The number of hydrogen-bond acceptors (Lipinski definition) is 4. The van der Waals surface area contributed by atoms with E-state index in [9.17, 15) is 14.4 Å². The number of nitrogens with one attached hydrogen (secondary N) is 1. The van der Waals surface area contributed by atoms with Crippen molar-refractivity contribution in [2.45, 2.75) is 12.6 Å². The van der Waals surface area contributed by atoms with E-state index in [4.69, 9.17) is 10.8 Å². The van der Waals surface area contributed by atoms with Crippen LogP contribution in [0.3, 0.4) is 0 Å². The van der Waals surface area contributed by atoms with Gasteiger partial charge in [-0.25, -0.2) is 4.79 Å². The first-order chi connectivity index (χ1) is 6.91. The summed E-state index contributed by atoms with van der Waals surface area (Å²) in [6.45, 7) is -0.180. The summed E-state index contributed by atoms with van der Waals surface area (Å²) in [6, 6.07) is -1.18. The van der Waals surface area contributed by atoms with E-state index >= 15 is 0 Å². The zero-order valence-corrected chi connectivity index (χ0v) is 9.59. The monoisotopic (exact) mass is 325 g/mol. The SMILES string of the molecule is N[C@H](Cn1cc(I)c(=O)[nH]c1=O)C(=O)O. The molecule has 1 atom stereocenters. The molecule has 1 heterocycles. The largest absolute Gasteiger partial charge is 0.480 e. The molecule has 0 saturated carbocycles. The first-order valence-electron chi connectivity index (χ1n) is 3.89. The maximum Gasteiger partial charge on any atom is 0.328 e. The van der Waals surface area contributed by atoms with Crippen LogP contribution in [0.4, 0.5) is 0 Å². The predicted octanol–water partition coefficient (Wildman–Crippen LogP) is -1.45. The fraction of sp³-hybridized carbons (Fsp3) is 0.286. The van der Waals surface area contributed by atoms with Gasteiger partial charge in [0.1, 0.15) is 6.04 Å². The van der Waals surface area contributed by atoms with Gasteiger partial charge in [-0.2, -0.15) is 0 Å². The number of hydrogen-bond donors (Lipinski definition) is 3. The topological polar surface area (TPSA) is 118 Å². The molecule has 0 aromatic carbocycles. The molecule has 8 heteroatoms. The van der Waals surface area contributed by atoms with Crippen molar-refractivity contribution in [1.82, 2.24) is 9.55 Å². The van der Waals surface area contributed by atoms with E-state index < -0.39 is 23.3 Å². The lowest BCUT2D eigenvalue weighted by molar-refractivity contribution is -0.138. The molecule has 4 N–H and O–H groups in total. The minimum absolute atomic E-state index is 0.180. The molecule has 1 aromatic heterocycles. The van der Waals surface area contributed by atoms with E-state index in [-0.39, 0.29) is 6.54 Å². The highest BCUT2D eigenvalue weighted by Crippen LogP contribution is 1.93. The fourth-order valence-corrected chi connectivity index (χ4v) is 1.38. The van der Waals surface area contributed by atoms with Gasteiger partial charge in [0.25, 0.3) is 5.56 Å². The third kappa shape index (κ3) is 2.89. The van der Waals surface area contributed by atoms with Crippen molar-refractivity contribution >= 4 is 28.6 Å². The highest BCUT2D eigenvalue weighted by atomic mass is 127. The number of aromatic amines is 1. The van der Waals surface area contributed by atoms with E-state index in [1.807, 2.05) is 4.98 Å². The molecule has 0 unspecified atom stereocenters. The lowest BCUT2D eigenvalue weighted by Gasteiger charge is -2.08. The van der Waals surface area contributed by atoms with Gasteiger partial charge < -0.3 is 10.8 Å². The molecule has 1 rings (SSSR count). The van der Waals surface area contributed by atoms with Crippen LogP contribution >= 0.6 is 22.6 Å². The Labute approximate surface area is 97.1 Å². The number of carboxylic acids is 1. The Bertz CT molecular complexity index is 492. The second-order valence-corrected chi connectivity index (χ2v) is 4.00. The molecule has 0 bridgehead atoms. The van der Waals surface area contributed by atoms with Gasteiger partial charge in [0, 0.05) is 6.20 Å². The first-order valence-corrected chi connectivity index (χ1v) is 4.97. The quantitative estimate of drug-likeness (QED) is 0.588. The van der Waals surface area contributed by atoms with Gasteiger partial charge in [0.2, 0.25) is 0 Å². The normalized spacial score (nSPS) is 12.4. The Balaban J connectivity index is 3.06. The highest BCUT2D eigenvalue weighted by Gasteiger charge is 2.13. The zero-order chi connectivity index (χ0) is 11.6. The van der Waals surface area contributed by atoms with Crippen LogP contribution in [0.2, 0.25) is 0 Å². The molecule has 0 amide bonds. The van der Waals surface area contributed by atoms with Gasteiger partial charge in [-0.05, 0) is 22.6 Å². The number of nitrogens with zero attached hydrogens (tertiary/aromatic N) is 1. The van der Waals surface area contributed by atoms with Crippen molar-refractivity contribution in [2.75, 3.05) is 0 Å². The van der Waals surface area contributed by atoms with Crippen LogP contribution in [-0.2, 0) is 11.3 Å². The van der Waals surface area contributed by atoms with Gasteiger partial charge in [0.15, 0.2) is 0 Å². The molecule has 0 aliphatic rings. The van der Waals surface area contributed by atoms with E-state index in [1.165, 1.54) is 6.20 Å². The number of halogens is 1. The molecule has 0 fully saturated rings. The lowest BCUT2D eigenvalue weighted by atomic mass is 10.3.